The molecule has 4 rings (SSSR count). The lowest BCUT2D eigenvalue weighted by molar-refractivity contribution is -0.153. The van der Waals surface area contributed by atoms with Crippen LogP contribution in [0.2, 0.25) is 0 Å². The molecule has 4 nitrogen and oxygen atoms in total. The second-order valence-electron chi connectivity index (χ2n) is 6.51. The summed E-state index contributed by atoms with van der Waals surface area (Å²) in [6, 6.07) is 6.00. The van der Waals surface area contributed by atoms with Gasteiger partial charge in [-0.3, -0.25) is 9.69 Å². The first kappa shape index (κ1) is 15.0. The number of carbonyl (C=O) groups is 1. The van der Waals surface area contributed by atoms with Crippen LogP contribution in [-0.4, -0.2) is 30.1 Å². The minimum Gasteiger partial charge on any atom is -0.469 e. The lowest BCUT2D eigenvalue weighted by atomic mass is 10.1. The van der Waals surface area contributed by atoms with Gasteiger partial charge in [0.05, 0.1) is 12.2 Å². The number of nitrogens with zero attached hydrogens (tertiary/aromatic N) is 1. The Kier molecular flexibility index (Phi) is 4.23. The summed E-state index contributed by atoms with van der Waals surface area (Å²) in [5.41, 5.74) is 1.38. The fourth-order valence-electron chi connectivity index (χ4n) is 3.35. The smallest absolute Gasteiger partial charge is 0.309 e. The monoisotopic (exact) mass is 331 g/mol. The van der Waals surface area contributed by atoms with Crippen LogP contribution in [0.3, 0.4) is 0 Å². The van der Waals surface area contributed by atoms with Gasteiger partial charge < -0.3 is 9.15 Å². The Hall–Kier alpha value is -1.59. The van der Waals surface area contributed by atoms with Crippen molar-refractivity contribution in [3.8, 4) is 0 Å². The summed E-state index contributed by atoms with van der Waals surface area (Å²) < 4.78 is 11.1. The lowest BCUT2D eigenvalue weighted by Gasteiger charge is -2.31. The van der Waals surface area contributed by atoms with Gasteiger partial charge in [0.15, 0.2) is 0 Å². The Morgan fingerprint density at radius 1 is 1.35 bits per heavy atom. The number of likely N-dealkylation sites (tertiary alicyclic amines) is 1. The zero-order valence-corrected chi connectivity index (χ0v) is 13.8. The van der Waals surface area contributed by atoms with Crippen LogP contribution in [0.1, 0.15) is 36.5 Å². The second kappa shape index (κ2) is 6.49. The molecule has 2 aromatic heterocycles. The molecule has 122 valence electrons. The zero-order chi connectivity index (χ0) is 15.6. The summed E-state index contributed by atoms with van der Waals surface area (Å²) in [4.78, 5) is 14.7. The van der Waals surface area contributed by atoms with Crippen LogP contribution in [0.4, 0.5) is 0 Å². The predicted molar refractivity (Wildman–Crippen MR) is 88.3 cm³/mol. The highest BCUT2D eigenvalue weighted by Crippen LogP contribution is 2.48. The molecule has 0 unspecified atom stereocenters. The van der Waals surface area contributed by atoms with Crippen molar-refractivity contribution >= 4 is 17.3 Å². The van der Waals surface area contributed by atoms with Gasteiger partial charge in [0.25, 0.3) is 0 Å². The molecule has 5 heteroatoms. The minimum atomic E-state index is -0.0392. The Balaban J connectivity index is 1.22. The van der Waals surface area contributed by atoms with E-state index < -0.39 is 0 Å². The fraction of sp³-hybridized carbons (Fsp3) is 0.500. The van der Waals surface area contributed by atoms with Gasteiger partial charge in [-0.1, -0.05) is 0 Å². The maximum absolute atomic E-state index is 12.2. The molecule has 0 aromatic carbocycles. The van der Waals surface area contributed by atoms with Gasteiger partial charge in [0.2, 0.25) is 0 Å². The van der Waals surface area contributed by atoms with Crippen LogP contribution < -0.4 is 0 Å². The molecule has 2 aromatic rings. The number of ether oxygens (including phenoxy) is 1. The molecule has 0 spiro atoms. The van der Waals surface area contributed by atoms with Crippen LogP contribution in [-0.2, 0) is 16.1 Å². The molecular formula is C18H21NO3S. The van der Waals surface area contributed by atoms with E-state index in [0.29, 0.717) is 0 Å². The van der Waals surface area contributed by atoms with Crippen LogP contribution >= 0.6 is 11.3 Å². The third-order valence-corrected chi connectivity index (χ3v) is 5.54. The van der Waals surface area contributed by atoms with Crippen molar-refractivity contribution in [1.29, 1.82) is 0 Å². The fourth-order valence-corrected chi connectivity index (χ4v) is 4.01. The highest BCUT2D eigenvalue weighted by molar-refractivity contribution is 7.07. The van der Waals surface area contributed by atoms with E-state index in [-0.39, 0.29) is 23.9 Å². The van der Waals surface area contributed by atoms with Gasteiger partial charge in [-0.25, -0.2) is 0 Å². The Labute approximate surface area is 140 Å². The number of rotatable bonds is 5. The SMILES string of the molecule is O=C(OC1CCN(Cc2ccsc2)CC1)[C@H]1C[C@H]1c1ccco1. The molecule has 0 amide bonds. The number of hydrogen-bond donors (Lipinski definition) is 0. The maximum Gasteiger partial charge on any atom is 0.309 e. The van der Waals surface area contributed by atoms with Crippen molar-refractivity contribution < 1.29 is 13.9 Å². The molecule has 1 aliphatic carbocycles. The molecule has 2 aliphatic rings. The molecule has 1 aliphatic heterocycles. The van der Waals surface area contributed by atoms with E-state index in [1.165, 1.54) is 5.56 Å². The van der Waals surface area contributed by atoms with Gasteiger partial charge in [-0.05, 0) is 53.8 Å². The predicted octanol–water partition coefficient (Wildman–Crippen LogP) is 3.65. The number of carbonyl (C=O) groups excluding carboxylic acids is 1. The number of thiophene rings is 1. The average Bonchev–Trinajstić information content (AvgIpc) is 2.97. The van der Waals surface area contributed by atoms with Crippen molar-refractivity contribution in [3.63, 3.8) is 0 Å². The average molecular weight is 331 g/mol. The quantitative estimate of drug-likeness (QED) is 0.784. The molecule has 23 heavy (non-hydrogen) atoms. The number of hydrogen-bond acceptors (Lipinski definition) is 5. The molecule has 2 atom stereocenters. The van der Waals surface area contributed by atoms with Gasteiger partial charge in [0.1, 0.15) is 11.9 Å². The third kappa shape index (κ3) is 3.51. The van der Waals surface area contributed by atoms with E-state index in [9.17, 15) is 4.79 Å². The van der Waals surface area contributed by atoms with Gasteiger partial charge in [-0.15, -0.1) is 0 Å². The molecular weight excluding hydrogens is 310 g/mol. The van der Waals surface area contributed by atoms with E-state index in [0.717, 1.165) is 44.7 Å². The second-order valence-corrected chi connectivity index (χ2v) is 7.29. The molecule has 1 saturated heterocycles. The first-order valence-electron chi connectivity index (χ1n) is 8.27. The minimum absolute atomic E-state index is 0.00462. The van der Waals surface area contributed by atoms with Crippen LogP contribution in [0.5, 0.6) is 0 Å². The van der Waals surface area contributed by atoms with E-state index in [4.69, 9.17) is 9.15 Å². The maximum atomic E-state index is 12.2. The van der Waals surface area contributed by atoms with E-state index in [1.54, 1.807) is 17.6 Å². The summed E-state index contributed by atoms with van der Waals surface area (Å²) in [5.74, 6) is 1.11. The summed E-state index contributed by atoms with van der Waals surface area (Å²) in [6.45, 7) is 3.01. The van der Waals surface area contributed by atoms with Crippen LogP contribution in [0.25, 0.3) is 0 Å². The number of piperidine rings is 1. The molecule has 3 heterocycles. The highest BCUT2D eigenvalue weighted by atomic mass is 32.1. The summed E-state index contributed by atoms with van der Waals surface area (Å²) >= 11 is 1.74. The molecule has 0 N–H and O–H groups in total. The van der Waals surface area contributed by atoms with Crippen molar-refractivity contribution in [2.75, 3.05) is 13.1 Å². The highest BCUT2D eigenvalue weighted by Gasteiger charge is 2.47. The van der Waals surface area contributed by atoms with Gasteiger partial charge >= 0.3 is 5.97 Å². The lowest BCUT2D eigenvalue weighted by Crippen LogP contribution is -2.37. The number of esters is 1. The summed E-state index contributed by atoms with van der Waals surface area (Å²) in [7, 11) is 0. The van der Waals surface area contributed by atoms with Gasteiger partial charge in [0, 0.05) is 25.6 Å². The van der Waals surface area contributed by atoms with E-state index in [1.807, 2.05) is 12.1 Å². The van der Waals surface area contributed by atoms with Crippen LogP contribution in [0, 0.1) is 5.92 Å². The zero-order valence-electron chi connectivity index (χ0n) is 13.0. The van der Waals surface area contributed by atoms with Crippen LogP contribution in [0.15, 0.2) is 39.6 Å². The first-order chi connectivity index (χ1) is 11.3. The molecule has 0 radical (unpaired) electrons. The van der Waals surface area contributed by atoms with Crippen molar-refractivity contribution in [2.24, 2.45) is 5.92 Å². The summed E-state index contributed by atoms with van der Waals surface area (Å²) in [5, 5.41) is 4.32. The first-order valence-corrected chi connectivity index (χ1v) is 9.21. The Morgan fingerprint density at radius 3 is 2.91 bits per heavy atom. The third-order valence-electron chi connectivity index (χ3n) is 4.81. The van der Waals surface area contributed by atoms with Crippen molar-refractivity contribution in [2.45, 2.75) is 37.8 Å². The molecule has 0 bridgehead atoms. The standard InChI is InChI=1S/C18H21NO3S/c20-18(16-10-15(16)17-2-1-8-21-17)22-14-3-6-19(7-4-14)11-13-5-9-23-12-13/h1-2,5,8-9,12,14-16H,3-4,6-7,10-11H2/t15-,16+/m1/s1. The van der Waals surface area contributed by atoms with Gasteiger partial charge in [-0.2, -0.15) is 11.3 Å². The van der Waals surface area contributed by atoms with E-state index >= 15 is 0 Å². The summed E-state index contributed by atoms with van der Waals surface area (Å²) in [6.07, 6.45) is 4.49. The van der Waals surface area contributed by atoms with E-state index in [2.05, 4.69) is 21.7 Å². The Morgan fingerprint density at radius 2 is 2.22 bits per heavy atom. The van der Waals surface area contributed by atoms with Crippen molar-refractivity contribution in [3.05, 3.63) is 46.5 Å². The largest absolute Gasteiger partial charge is 0.469 e. The normalized spacial score (nSPS) is 25.4. The number of furan rings is 1. The molecule has 1 saturated carbocycles. The Bertz CT molecular complexity index is 629. The molecule has 2 fully saturated rings. The van der Waals surface area contributed by atoms with Crippen molar-refractivity contribution in [1.82, 2.24) is 4.90 Å². The topological polar surface area (TPSA) is 42.7 Å².